The summed E-state index contributed by atoms with van der Waals surface area (Å²) in [6.07, 6.45) is -3.95. The molecule has 3 aromatic rings. The summed E-state index contributed by atoms with van der Waals surface area (Å²) in [5.41, 5.74) is -1.53. The van der Waals surface area contributed by atoms with Gasteiger partial charge in [-0.05, 0) is 35.9 Å². The van der Waals surface area contributed by atoms with Crippen LogP contribution in [0.3, 0.4) is 0 Å². The van der Waals surface area contributed by atoms with E-state index in [1.807, 2.05) is 0 Å². The van der Waals surface area contributed by atoms with Gasteiger partial charge in [-0.15, -0.1) is 0 Å². The predicted molar refractivity (Wildman–Crippen MR) is 108 cm³/mol. The monoisotopic (exact) mass is 467 g/mol. The molecular weight excluding hydrogens is 455 g/mol. The van der Waals surface area contributed by atoms with Gasteiger partial charge in [0.2, 0.25) is 0 Å². The molecule has 0 aliphatic heterocycles. The highest BCUT2D eigenvalue weighted by Gasteiger charge is 2.33. The van der Waals surface area contributed by atoms with E-state index in [-0.39, 0.29) is 37.9 Å². The highest BCUT2D eigenvalue weighted by Crippen LogP contribution is 2.37. The maximum absolute atomic E-state index is 12.9. The van der Waals surface area contributed by atoms with E-state index in [4.69, 9.17) is 11.6 Å². The third kappa shape index (κ3) is 4.80. The van der Waals surface area contributed by atoms with Crippen molar-refractivity contribution in [3.05, 3.63) is 76.6 Å². The summed E-state index contributed by atoms with van der Waals surface area (Å²) in [5, 5.41) is 18.9. The quantitative estimate of drug-likeness (QED) is 0.571. The molecule has 11 heteroatoms. The second-order valence-corrected chi connectivity index (χ2v) is 8.35. The molecule has 160 valence electrons. The number of rotatable bonds is 5. The first-order chi connectivity index (χ1) is 14.6. The van der Waals surface area contributed by atoms with E-state index in [2.05, 4.69) is 9.71 Å². The molecule has 0 atom stereocenters. The lowest BCUT2D eigenvalue weighted by Crippen LogP contribution is -2.15. The van der Waals surface area contributed by atoms with Crippen molar-refractivity contribution in [3.63, 3.8) is 0 Å². The van der Waals surface area contributed by atoms with E-state index in [9.17, 15) is 32.0 Å². The lowest BCUT2D eigenvalue weighted by atomic mass is 10.0. The first-order valence-electron chi connectivity index (χ1n) is 8.55. The summed E-state index contributed by atoms with van der Waals surface area (Å²) in [6.45, 7) is -0.665. The van der Waals surface area contributed by atoms with Gasteiger partial charge in [-0.2, -0.15) is 18.4 Å². The van der Waals surface area contributed by atoms with Crippen LogP contribution in [0.25, 0.3) is 11.1 Å². The lowest BCUT2D eigenvalue weighted by molar-refractivity contribution is -0.141. The van der Waals surface area contributed by atoms with Gasteiger partial charge in [-0.25, -0.2) is 8.42 Å². The van der Waals surface area contributed by atoms with Crippen LogP contribution >= 0.6 is 11.6 Å². The molecule has 0 aliphatic carbocycles. The zero-order valence-electron chi connectivity index (χ0n) is 15.5. The zero-order valence-corrected chi connectivity index (χ0v) is 17.1. The Kier molecular flexibility index (Phi) is 6.22. The second kappa shape index (κ2) is 8.55. The number of aliphatic hydroxyl groups is 1. The van der Waals surface area contributed by atoms with Crippen LogP contribution < -0.4 is 4.72 Å². The van der Waals surface area contributed by atoms with Crippen molar-refractivity contribution in [1.82, 2.24) is 4.98 Å². The minimum atomic E-state index is -4.76. The van der Waals surface area contributed by atoms with Crippen molar-refractivity contribution in [3.8, 4) is 17.2 Å². The van der Waals surface area contributed by atoms with Crippen LogP contribution in [-0.2, 0) is 22.8 Å². The van der Waals surface area contributed by atoms with Gasteiger partial charge in [0.25, 0.3) is 10.0 Å². The Balaban J connectivity index is 2.17. The predicted octanol–water partition coefficient (Wildman–Crippen LogP) is 4.59. The summed E-state index contributed by atoms with van der Waals surface area (Å²) in [7, 11) is -4.21. The number of hydrogen-bond acceptors (Lipinski definition) is 5. The Hall–Kier alpha value is -3.13. The Morgan fingerprint density at radius 1 is 1.13 bits per heavy atom. The summed E-state index contributed by atoms with van der Waals surface area (Å²) < 4.78 is 67.0. The van der Waals surface area contributed by atoms with Gasteiger partial charge in [0.05, 0.1) is 23.1 Å². The summed E-state index contributed by atoms with van der Waals surface area (Å²) in [6, 6.07) is 12.4. The summed E-state index contributed by atoms with van der Waals surface area (Å²) >= 11 is 6.20. The van der Waals surface area contributed by atoms with Gasteiger partial charge in [0.15, 0.2) is 0 Å². The number of pyridine rings is 1. The number of nitriles is 1. The molecule has 0 amide bonds. The molecule has 1 aromatic heterocycles. The van der Waals surface area contributed by atoms with E-state index in [0.29, 0.717) is 6.07 Å². The molecule has 0 unspecified atom stereocenters. The Bertz CT molecular complexity index is 1270. The number of halogens is 4. The zero-order chi connectivity index (χ0) is 22.8. The summed E-state index contributed by atoms with van der Waals surface area (Å²) in [5.74, 6) is 0. The highest BCUT2D eigenvalue weighted by atomic mass is 35.5. The number of nitrogens with one attached hydrogen (secondary N) is 1. The molecule has 0 aliphatic rings. The SMILES string of the molecule is N#Cc1cc(C(F)(F)F)ncc1-c1cc(S(=O)(=O)Nc2ccccc2)c(CO)cc1Cl. The minimum absolute atomic E-state index is 0.0231. The van der Waals surface area contributed by atoms with Crippen molar-refractivity contribution in [2.24, 2.45) is 0 Å². The van der Waals surface area contributed by atoms with Crippen LogP contribution in [0.4, 0.5) is 18.9 Å². The van der Waals surface area contributed by atoms with Crippen LogP contribution in [0, 0.1) is 11.3 Å². The molecule has 31 heavy (non-hydrogen) atoms. The van der Waals surface area contributed by atoms with Crippen molar-refractivity contribution in [2.45, 2.75) is 17.7 Å². The molecule has 3 rings (SSSR count). The number of aliphatic hydroxyl groups excluding tert-OH is 1. The molecule has 0 saturated heterocycles. The van der Waals surface area contributed by atoms with Crippen molar-refractivity contribution in [1.29, 1.82) is 5.26 Å². The van der Waals surface area contributed by atoms with Crippen molar-refractivity contribution in [2.75, 3.05) is 4.72 Å². The Morgan fingerprint density at radius 2 is 1.81 bits per heavy atom. The van der Waals surface area contributed by atoms with Crippen molar-refractivity contribution >= 4 is 27.3 Å². The fourth-order valence-corrected chi connectivity index (χ4v) is 4.39. The Morgan fingerprint density at radius 3 is 2.39 bits per heavy atom. The fourth-order valence-electron chi connectivity index (χ4n) is 2.81. The third-order valence-corrected chi connectivity index (χ3v) is 6.02. The molecule has 2 N–H and O–H groups in total. The van der Waals surface area contributed by atoms with Gasteiger partial charge in [0.1, 0.15) is 5.69 Å². The largest absolute Gasteiger partial charge is 0.433 e. The number of nitrogens with zero attached hydrogens (tertiary/aromatic N) is 2. The van der Waals surface area contributed by atoms with Crippen LogP contribution in [0.5, 0.6) is 0 Å². The molecular formula is C20H13ClF3N3O3S. The topological polar surface area (TPSA) is 103 Å². The molecule has 0 spiro atoms. The first kappa shape index (κ1) is 22.6. The molecule has 2 aromatic carbocycles. The normalized spacial score (nSPS) is 11.7. The van der Waals surface area contributed by atoms with E-state index >= 15 is 0 Å². The summed E-state index contributed by atoms with van der Waals surface area (Å²) in [4.78, 5) is 2.98. The number of alkyl halides is 3. The van der Waals surface area contributed by atoms with Crippen LogP contribution in [-0.4, -0.2) is 18.5 Å². The van der Waals surface area contributed by atoms with E-state index in [1.54, 1.807) is 24.3 Å². The van der Waals surface area contributed by atoms with Gasteiger partial charge < -0.3 is 5.11 Å². The van der Waals surface area contributed by atoms with Crippen LogP contribution in [0.15, 0.2) is 59.6 Å². The maximum atomic E-state index is 12.9. The minimum Gasteiger partial charge on any atom is -0.392 e. The average molecular weight is 468 g/mol. The molecule has 6 nitrogen and oxygen atoms in total. The van der Waals surface area contributed by atoms with E-state index in [1.165, 1.54) is 18.2 Å². The first-order valence-corrected chi connectivity index (χ1v) is 10.4. The molecule has 0 radical (unpaired) electrons. The van der Waals surface area contributed by atoms with Gasteiger partial charge in [-0.1, -0.05) is 29.8 Å². The number of hydrogen-bond donors (Lipinski definition) is 2. The molecule has 0 saturated carbocycles. The van der Waals surface area contributed by atoms with Crippen LogP contribution in [0.2, 0.25) is 5.02 Å². The maximum Gasteiger partial charge on any atom is 0.433 e. The van der Waals surface area contributed by atoms with Gasteiger partial charge in [0, 0.05) is 28.0 Å². The molecule has 0 bridgehead atoms. The Labute approximate surface area is 180 Å². The number of para-hydroxylation sites is 1. The number of anilines is 1. The van der Waals surface area contributed by atoms with E-state index in [0.717, 1.165) is 12.3 Å². The van der Waals surface area contributed by atoms with Gasteiger partial charge in [-0.3, -0.25) is 9.71 Å². The number of benzene rings is 2. The highest BCUT2D eigenvalue weighted by molar-refractivity contribution is 7.92. The average Bonchev–Trinajstić information content (AvgIpc) is 2.72. The van der Waals surface area contributed by atoms with E-state index < -0.39 is 28.5 Å². The third-order valence-electron chi connectivity index (χ3n) is 4.24. The lowest BCUT2D eigenvalue weighted by Gasteiger charge is -2.15. The van der Waals surface area contributed by atoms with Crippen molar-refractivity contribution < 1.29 is 26.7 Å². The van der Waals surface area contributed by atoms with Gasteiger partial charge >= 0.3 is 6.18 Å². The van der Waals surface area contributed by atoms with Crippen LogP contribution in [0.1, 0.15) is 16.8 Å². The smallest absolute Gasteiger partial charge is 0.392 e. The second-order valence-electron chi connectivity index (χ2n) is 6.29. The molecule has 0 fully saturated rings. The fraction of sp³-hybridized carbons (Fsp3) is 0.100. The number of sulfonamides is 1. The standard InChI is InChI=1S/C20H13ClF3N3O3S/c21-17-6-13(11-28)18(31(29,30)27-14-4-2-1-3-5-14)8-15(17)16-10-26-19(20(22,23)24)7-12(16)9-25/h1-8,10,27-28H,11H2. The molecule has 1 heterocycles. The number of aromatic nitrogens is 1.